The number of ether oxygens (including phenoxy) is 1. The van der Waals surface area contributed by atoms with Crippen LogP contribution in [0.2, 0.25) is 10.0 Å². The highest BCUT2D eigenvalue weighted by Crippen LogP contribution is 2.37. The Bertz CT molecular complexity index is 1080. The number of amides is 1. The van der Waals surface area contributed by atoms with Crippen molar-refractivity contribution >= 4 is 57.1 Å². The van der Waals surface area contributed by atoms with Crippen LogP contribution in [0.5, 0.6) is 5.88 Å². The molecule has 1 amide bonds. The molecule has 2 aliphatic heterocycles. The van der Waals surface area contributed by atoms with Gasteiger partial charge in [-0.05, 0) is 30.2 Å². The number of fused-ring (bicyclic) bond motifs is 2. The third-order valence-corrected chi connectivity index (χ3v) is 6.51. The Hall–Kier alpha value is -2.39. The van der Waals surface area contributed by atoms with Crippen molar-refractivity contribution in [3.63, 3.8) is 0 Å². The summed E-state index contributed by atoms with van der Waals surface area (Å²) in [4.78, 5) is 24.4. The van der Waals surface area contributed by atoms with Gasteiger partial charge in [-0.25, -0.2) is 4.98 Å². The van der Waals surface area contributed by atoms with Gasteiger partial charge in [0.05, 0.1) is 20.7 Å². The smallest absolute Gasteiger partial charge is 0.268 e. The molecule has 2 aromatic heterocycles. The number of benzene rings is 1. The molecule has 4 heterocycles. The van der Waals surface area contributed by atoms with E-state index in [2.05, 4.69) is 26.7 Å². The number of nitrogens with zero attached hydrogens (tertiary/aromatic N) is 3. The molecule has 148 valence electrons. The van der Waals surface area contributed by atoms with Gasteiger partial charge in [-0.2, -0.15) is 4.98 Å². The van der Waals surface area contributed by atoms with Crippen LogP contribution in [0.3, 0.4) is 0 Å². The van der Waals surface area contributed by atoms with Crippen LogP contribution in [-0.4, -0.2) is 29.2 Å². The third-order valence-electron chi connectivity index (χ3n) is 4.74. The predicted octanol–water partition coefficient (Wildman–Crippen LogP) is 4.23. The normalized spacial score (nSPS) is 15.5. The molecular weight excluding hydrogens is 433 g/mol. The van der Waals surface area contributed by atoms with Crippen LogP contribution >= 0.6 is 34.5 Å². The summed E-state index contributed by atoms with van der Waals surface area (Å²) in [5.41, 5.74) is 1.96. The van der Waals surface area contributed by atoms with Crippen molar-refractivity contribution < 1.29 is 9.53 Å². The summed E-state index contributed by atoms with van der Waals surface area (Å²) >= 11 is 14.2. The van der Waals surface area contributed by atoms with Crippen molar-refractivity contribution in [3.05, 3.63) is 56.5 Å². The van der Waals surface area contributed by atoms with E-state index in [4.69, 9.17) is 27.9 Å². The fourth-order valence-electron chi connectivity index (χ4n) is 3.35. The number of halogens is 2. The average Bonchev–Trinajstić information content (AvgIpc) is 3.11. The Morgan fingerprint density at radius 3 is 2.90 bits per heavy atom. The number of thiophene rings is 1. The molecule has 0 saturated heterocycles. The molecule has 10 heteroatoms. The van der Waals surface area contributed by atoms with E-state index in [1.165, 1.54) is 21.5 Å². The lowest BCUT2D eigenvalue weighted by Gasteiger charge is -2.29. The first-order chi connectivity index (χ1) is 14.1. The maximum atomic E-state index is 12.9. The highest BCUT2D eigenvalue weighted by molar-refractivity contribution is 7.16. The Labute approximate surface area is 180 Å². The van der Waals surface area contributed by atoms with Gasteiger partial charge in [0.25, 0.3) is 5.91 Å². The number of aromatic nitrogens is 2. The van der Waals surface area contributed by atoms with E-state index in [1.807, 2.05) is 0 Å². The molecule has 0 radical (unpaired) electrons. The Morgan fingerprint density at radius 2 is 2.10 bits per heavy atom. The highest BCUT2D eigenvalue weighted by atomic mass is 35.5. The van der Waals surface area contributed by atoms with Crippen LogP contribution in [0.1, 0.15) is 20.8 Å². The molecule has 0 aliphatic carbocycles. The molecule has 0 fully saturated rings. The number of hydrogen-bond donors (Lipinski definition) is 2. The van der Waals surface area contributed by atoms with E-state index in [0.717, 1.165) is 24.5 Å². The van der Waals surface area contributed by atoms with Crippen LogP contribution < -0.4 is 20.3 Å². The van der Waals surface area contributed by atoms with Crippen LogP contribution in [-0.2, 0) is 13.0 Å². The second-order valence-electron chi connectivity index (χ2n) is 6.60. The Morgan fingerprint density at radius 1 is 1.28 bits per heavy atom. The summed E-state index contributed by atoms with van der Waals surface area (Å²) in [5.74, 6) is 0.299. The zero-order valence-corrected chi connectivity index (χ0v) is 17.4. The van der Waals surface area contributed by atoms with Gasteiger partial charge >= 0.3 is 0 Å². The van der Waals surface area contributed by atoms with Crippen molar-refractivity contribution in [1.29, 1.82) is 0 Å². The zero-order chi connectivity index (χ0) is 20.0. The number of anilines is 3. The summed E-state index contributed by atoms with van der Waals surface area (Å²) < 4.78 is 5.72. The van der Waals surface area contributed by atoms with Crippen molar-refractivity contribution in [2.24, 2.45) is 0 Å². The van der Waals surface area contributed by atoms with Crippen LogP contribution in [0.4, 0.5) is 16.6 Å². The van der Waals surface area contributed by atoms with E-state index in [1.54, 1.807) is 29.5 Å². The number of carbonyl (C=O) groups excluding carboxylic acids is 1. The number of nitrogens with one attached hydrogen (secondary N) is 2. The van der Waals surface area contributed by atoms with Crippen molar-refractivity contribution in [3.8, 4) is 5.88 Å². The first-order valence-electron chi connectivity index (χ1n) is 8.95. The first-order valence-corrected chi connectivity index (χ1v) is 10.5. The largest absolute Gasteiger partial charge is 0.455 e. The molecule has 3 aromatic rings. The molecule has 29 heavy (non-hydrogen) atoms. The molecular formula is C19H15Cl2N5O2S. The summed E-state index contributed by atoms with van der Waals surface area (Å²) in [6, 6.07) is 7.16. The SMILES string of the molecule is O=C1c2cnc(Nc3cc4c(s3)CCNC4)nc2OCN1c1c(Cl)cccc1Cl. The molecule has 7 nitrogen and oxygen atoms in total. The molecule has 0 bridgehead atoms. The minimum atomic E-state index is -0.314. The molecule has 5 rings (SSSR count). The lowest BCUT2D eigenvalue weighted by Crippen LogP contribution is -2.39. The first kappa shape index (κ1) is 18.6. The summed E-state index contributed by atoms with van der Waals surface area (Å²) in [7, 11) is 0. The Kier molecular flexibility index (Phi) is 4.79. The van der Waals surface area contributed by atoms with Gasteiger partial charge < -0.3 is 15.4 Å². The van der Waals surface area contributed by atoms with E-state index >= 15 is 0 Å². The standard InChI is InChI=1S/C19H15Cl2N5O2S/c20-12-2-1-3-13(21)16(12)26-9-28-17-11(18(26)27)8-23-19(25-17)24-15-6-10-7-22-5-4-14(10)29-15/h1-3,6,8,22H,4-5,7,9H2,(H,23,24,25). The average molecular weight is 448 g/mol. The fourth-order valence-corrected chi connectivity index (χ4v) is 5.03. The molecule has 0 atom stereocenters. The number of hydrogen-bond acceptors (Lipinski definition) is 7. The number of para-hydroxylation sites is 1. The maximum Gasteiger partial charge on any atom is 0.268 e. The minimum Gasteiger partial charge on any atom is -0.455 e. The third kappa shape index (κ3) is 3.42. The highest BCUT2D eigenvalue weighted by Gasteiger charge is 2.31. The van der Waals surface area contributed by atoms with Gasteiger partial charge in [-0.15, -0.1) is 11.3 Å². The number of rotatable bonds is 3. The number of carbonyl (C=O) groups is 1. The van der Waals surface area contributed by atoms with Crippen LogP contribution in [0.25, 0.3) is 0 Å². The minimum absolute atomic E-state index is 0.0370. The second kappa shape index (κ2) is 7.46. The van der Waals surface area contributed by atoms with E-state index in [0.29, 0.717) is 21.7 Å². The predicted molar refractivity (Wildman–Crippen MR) is 114 cm³/mol. The molecule has 1 aromatic carbocycles. The monoisotopic (exact) mass is 447 g/mol. The summed E-state index contributed by atoms with van der Waals surface area (Å²) in [5, 5.41) is 8.27. The van der Waals surface area contributed by atoms with Gasteiger partial charge in [0.1, 0.15) is 5.56 Å². The van der Waals surface area contributed by atoms with E-state index < -0.39 is 0 Å². The van der Waals surface area contributed by atoms with Gasteiger partial charge in [0, 0.05) is 24.2 Å². The van der Waals surface area contributed by atoms with Crippen molar-refractivity contribution in [2.45, 2.75) is 13.0 Å². The van der Waals surface area contributed by atoms with Crippen molar-refractivity contribution in [2.75, 3.05) is 23.5 Å². The quantitative estimate of drug-likeness (QED) is 0.625. The maximum absolute atomic E-state index is 12.9. The van der Waals surface area contributed by atoms with Crippen LogP contribution in [0, 0.1) is 0 Å². The van der Waals surface area contributed by atoms with Gasteiger partial charge in [0.15, 0.2) is 6.73 Å². The Balaban J connectivity index is 1.40. The molecule has 2 aliphatic rings. The molecule has 2 N–H and O–H groups in total. The summed E-state index contributed by atoms with van der Waals surface area (Å²) in [6.07, 6.45) is 2.48. The summed E-state index contributed by atoms with van der Waals surface area (Å²) in [6.45, 7) is 1.82. The lowest BCUT2D eigenvalue weighted by atomic mass is 10.1. The fraction of sp³-hybridized carbons (Fsp3) is 0.211. The molecule has 0 spiro atoms. The van der Waals surface area contributed by atoms with E-state index in [9.17, 15) is 4.79 Å². The van der Waals surface area contributed by atoms with E-state index in [-0.39, 0.29) is 24.1 Å². The molecule has 0 saturated carbocycles. The topological polar surface area (TPSA) is 79.4 Å². The van der Waals surface area contributed by atoms with Gasteiger partial charge in [0.2, 0.25) is 11.8 Å². The zero-order valence-electron chi connectivity index (χ0n) is 15.0. The van der Waals surface area contributed by atoms with Crippen molar-refractivity contribution in [1.82, 2.24) is 15.3 Å². The van der Waals surface area contributed by atoms with Crippen LogP contribution in [0.15, 0.2) is 30.5 Å². The van der Waals surface area contributed by atoms with Gasteiger partial charge in [-0.3, -0.25) is 9.69 Å². The lowest BCUT2D eigenvalue weighted by molar-refractivity contribution is 0.0932. The molecule has 0 unspecified atom stereocenters. The van der Waals surface area contributed by atoms with Gasteiger partial charge in [-0.1, -0.05) is 29.3 Å². The second-order valence-corrected chi connectivity index (χ2v) is 8.55.